The number of benzene rings is 1. The molecule has 132 valence electrons. The van der Waals surface area contributed by atoms with Crippen LogP contribution in [0.15, 0.2) is 24.3 Å². The van der Waals surface area contributed by atoms with E-state index in [4.69, 9.17) is 16.3 Å². The molecule has 1 heterocycles. The highest BCUT2D eigenvalue weighted by molar-refractivity contribution is 6.30. The van der Waals surface area contributed by atoms with E-state index < -0.39 is 5.60 Å². The molecule has 0 spiro atoms. The number of ether oxygens (including phenoxy) is 1. The van der Waals surface area contributed by atoms with E-state index >= 15 is 0 Å². The van der Waals surface area contributed by atoms with Crippen molar-refractivity contribution in [2.75, 3.05) is 13.1 Å². The SMILES string of the molecule is CC(C)(C)OC(=O)CCC1CN(C(=O)NCc2ccc(Cl)cc2)C1. The molecule has 1 fully saturated rings. The van der Waals surface area contributed by atoms with E-state index in [0.29, 0.717) is 37.0 Å². The second-order valence-corrected chi connectivity index (χ2v) is 7.62. The molecule has 1 saturated heterocycles. The monoisotopic (exact) mass is 352 g/mol. The van der Waals surface area contributed by atoms with E-state index in [9.17, 15) is 9.59 Å². The molecule has 0 bridgehead atoms. The van der Waals surface area contributed by atoms with Gasteiger partial charge in [0.2, 0.25) is 0 Å². The minimum Gasteiger partial charge on any atom is -0.460 e. The number of nitrogens with one attached hydrogen (secondary N) is 1. The number of hydrogen-bond donors (Lipinski definition) is 1. The first kappa shape index (κ1) is 18.6. The second kappa shape index (κ2) is 7.88. The lowest BCUT2D eigenvalue weighted by Gasteiger charge is -2.39. The number of esters is 1. The van der Waals surface area contributed by atoms with Crippen molar-refractivity contribution in [1.29, 1.82) is 0 Å². The normalized spacial score (nSPS) is 14.9. The van der Waals surface area contributed by atoms with Crippen LogP contribution in [0.25, 0.3) is 0 Å². The lowest BCUT2D eigenvalue weighted by atomic mass is 9.95. The summed E-state index contributed by atoms with van der Waals surface area (Å²) in [5.41, 5.74) is 0.569. The zero-order chi connectivity index (χ0) is 17.7. The molecule has 0 aliphatic carbocycles. The summed E-state index contributed by atoms with van der Waals surface area (Å²) >= 11 is 5.83. The average Bonchev–Trinajstić information content (AvgIpc) is 2.43. The Morgan fingerprint density at radius 2 is 1.88 bits per heavy atom. The third-order valence-electron chi connectivity index (χ3n) is 3.78. The fourth-order valence-corrected chi connectivity index (χ4v) is 2.65. The van der Waals surface area contributed by atoms with Crippen molar-refractivity contribution in [1.82, 2.24) is 10.2 Å². The van der Waals surface area contributed by atoms with Crippen molar-refractivity contribution in [2.45, 2.75) is 45.8 Å². The van der Waals surface area contributed by atoms with Crippen LogP contribution < -0.4 is 5.32 Å². The summed E-state index contributed by atoms with van der Waals surface area (Å²) in [6.07, 6.45) is 1.16. The van der Waals surface area contributed by atoms with Crippen molar-refractivity contribution in [3.8, 4) is 0 Å². The average molecular weight is 353 g/mol. The fraction of sp³-hybridized carbons (Fsp3) is 0.556. The van der Waals surface area contributed by atoms with Gasteiger partial charge < -0.3 is 15.0 Å². The summed E-state index contributed by atoms with van der Waals surface area (Å²) < 4.78 is 5.29. The van der Waals surface area contributed by atoms with Crippen molar-refractivity contribution < 1.29 is 14.3 Å². The van der Waals surface area contributed by atoms with Crippen LogP contribution in [0.5, 0.6) is 0 Å². The quantitative estimate of drug-likeness (QED) is 0.823. The standard InChI is InChI=1S/C18H25ClN2O3/c1-18(2,3)24-16(22)9-6-14-11-21(12-14)17(23)20-10-13-4-7-15(19)8-5-13/h4-5,7-8,14H,6,9-12H2,1-3H3,(H,20,23). The highest BCUT2D eigenvalue weighted by Gasteiger charge is 2.31. The molecule has 1 aromatic carbocycles. The molecule has 0 aromatic heterocycles. The number of hydrogen-bond acceptors (Lipinski definition) is 3. The van der Waals surface area contributed by atoms with Crippen LogP contribution >= 0.6 is 11.6 Å². The van der Waals surface area contributed by atoms with Gasteiger partial charge in [0.05, 0.1) is 0 Å². The summed E-state index contributed by atoms with van der Waals surface area (Å²) in [7, 11) is 0. The van der Waals surface area contributed by atoms with E-state index in [1.54, 1.807) is 17.0 Å². The van der Waals surface area contributed by atoms with Gasteiger partial charge in [-0.3, -0.25) is 4.79 Å². The number of rotatable bonds is 5. The van der Waals surface area contributed by atoms with Crippen molar-refractivity contribution in [2.24, 2.45) is 5.92 Å². The Morgan fingerprint density at radius 3 is 2.46 bits per heavy atom. The Kier molecular flexibility index (Phi) is 6.10. The van der Waals surface area contributed by atoms with Gasteiger partial charge >= 0.3 is 12.0 Å². The minimum absolute atomic E-state index is 0.0709. The van der Waals surface area contributed by atoms with Crippen molar-refractivity contribution >= 4 is 23.6 Å². The second-order valence-electron chi connectivity index (χ2n) is 7.18. The number of halogens is 1. The molecular weight excluding hydrogens is 328 g/mol. The summed E-state index contributed by atoms with van der Waals surface area (Å²) in [6, 6.07) is 7.32. The van der Waals surface area contributed by atoms with Crippen LogP contribution in [-0.4, -0.2) is 35.6 Å². The van der Waals surface area contributed by atoms with Gasteiger partial charge in [0, 0.05) is 31.1 Å². The zero-order valence-electron chi connectivity index (χ0n) is 14.5. The van der Waals surface area contributed by atoms with Crippen LogP contribution in [0.4, 0.5) is 4.79 Å². The summed E-state index contributed by atoms with van der Waals surface area (Å²) in [6.45, 7) is 7.45. The van der Waals surface area contributed by atoms with Gasteiger partial charge in [-0.2, -0.15) is 0 Å². The first-order valence-electron chi connectivity index (χ1n) is 8.22. The van der Waals surface area contributed by atoms with Gasteiger partial charge in [0.25, 0.3) is 0 Å². The van der Waals surface area contributed by atoms with Gasteiger partial charge in [-0.25, -0.2) is 4.79 Å². The van der Waals surface area contributed by atoms with E-state index in [0.717, 1.165) is 12.0 Å². The maximum absolute atomic E-state index is 12.0. The van der Waals surface area contributed by atoms with Gasteiger partial charge in [-0.15, -0.1) is 0 Å². The molecule has 0 radical (unpaired) electrons. The van der Waals surface area contributed by atoms with Crippen LogP contribution in [-0.2, 0) is 16.1 Å². The largest absolute Gasteiger partial charge is 0.460 e. The van der Waals surface area contributed by atoms with Gasteiger partial charge in [0.15, 0.2) is 0 Å². The lowest BCUT2D eigenvalue weighted by Crippen LogP contribution is -2.53. The van der Waals surface area contributed by atoms with Crippen LogP contribution in [0, 0.1) is 5.92 Å². The first-order valence-corrected chi connectivity index (χ1v) is 8.60. The number of amides is 2. The molecule has 2 amide bonds. The lowest BCUT2D eigenvalue weighted by molar-refractivity contribution is -0.155. The molecule has 5 nitrogen and oxygen atoms in total. The summed E-state index contributed by atoms with van der Waals surface area (Å²) in [5, 5.41) is 3.57. The van der Waals surface area contributed by atoms with Gasteiger partial charge in [0.1, 0.15) is 5.60 Å². The molecule has 2 rings (SSSR count). The molecule has 1 N–H and O–H groups in total. The van der Waals surface area contributed by atoms with Gasteiger partial charge in [-0.1, -0.05) is 23.7 Å². The molecule has 6 heteroatoms. The van der Waals surface area contributed by atoms with Crippen LogP contribution in [0.3, 0.4) is 0 Å². The van der Waals surface area contributed by atoms with Crippen LogP contribution in [0.2, 0.25) is 5.02 Å². The molecule has 24 heavy (non-hydrogen) atoms. The van der Waals surface area contributed by atoms with Crippen LogP contribution in [0.1, 0.15) is 39.2 Å². The topological polar surface area (TPSA) is 58.6 Å². The molecule has 1 aromatic rings. The Labute approximate surface area is 148 Å². The molecule has 0 saturated carbocycles. The molecule has 0 atom stereocenters. The predicted molar refractivity (Wildman–Crippen MR) is 93.8 cm³/mol. The molecule has 1 aliphatic heterocycles. The Hall–Kier alpha value is -1.75. The summed E-state index contributed by atoms with van der Waals surface area (Å²) in [4.78, 5) is 25.5. The number of nitrogens with zero attached hydrogens (tertiary/aromatic N) is 1. The third kappa shape index (κ3) is 6.04. The number of carbonyl (C=O) groups is 2. The van der Waals surface area contributed by atoms with E-state index in [1.165, 1.54) is 0 Å². The smallest absolute Gasteiger partial charge is 0.317 e. The predicted octanol–water partition coefficient (Wildman–Crippen LogP) is 3.60. The molecular formula is C18H25ClN2O3. The Morgan fingerprint density at radius 1 is 1.25 bits per heavy atom. The minimum atomic E-state index is -0.440. The van der Waals surface area contributed by atoms with Crippen molar-refractivity contribution in [3.63, 3.8) is 0 Å². The number of carbonyl (C=O) groups excluding carboxylic acids is 2. The fourth-order valence-electron chi connectivity index (χ4n) is 2.52. The Balaban J connectivity index is 1.62. The first-order chi connectivity index (χ1) is 11.2. The summed E-state index contributed by atoms with van der Waals surface area (Å²) in [5.74, 6) is 0.201. The van der Waals surface area contributed by atoms with Gasteiger partial charge in [-0.05, 0) is 50.8 Å². The maximum atomic E-state index is 12.0. The molecule has 1 aliphatic rings. The van der Waals surface area contributed by atoms with E-state index in [2.05, 4.69) is 5.32 Å². The zero-order valence-corrected chi connectivity index (χ0v) is 15.2. The number of urea groups is 1. The van der Waals surface area contributed by atoms with E-state index in [1.807, 2.05) is 32.9 Å². The highest BCUT2D eigenvalue weighted by atomic mass is 35.5. The Bertz CT molecular complexity index is 575. The third-order valence-corrected chi connectivity index (χ3v) is 4.03. The number of likely N-dealkylation sites (tertiary alicyclic amines) is 1. The van der Waals surface area contributed by atoms with E-state index in [-0.39, 0.29) is 12.0 Å². The highest BCUT2D eigenvalue weighted by Crippen LogP contribution is 2.21. The van der Waals surface area contributed by atoms with Crippen molar-refractivity contribution in [3.05, 3.63) is 34.9 Å². The maximum Gasteiger partial charge on any atom is 0.317 e. The molecule has 0 unspecified atom stereocenters.